The number of nitrogens with zero attached hydrogens (tertiary/aromatic N) is 1. The maximum absolute atomic E-state index is 5.52. The van der Waals surface area contributed by atoms with E-state index in [1.165, 1.54) is 38.6 Å². The molecule has 0 bridgehead atoms. The van der Waals surface area contributed by atoms with Crippen LogP contribution in [-0.2, 0) is 0 Å². The second-order valence-corrected chi connectivity index (χ2v) is 4.25. The van der Waals surface area contributed by atoms with E-state index in [-0.39, 0.29) is 0 Å². The van der Waals surface area contributed by atoms with Gasteiger partial charge in [0.2, 0.25) is 0 Å². The molecule has 0 amide bonds. The van der Waals surface area contributed by atoms with Crippen LogP contribution in [0.15, 0.2) is 0 Å². The second-order valence-electron chi connectivity index (χ2n) is 4.25. The van der Waals surface area contributed by atoms with Gasteiger partial charge in [-0.05, 0) is 52.1 Å². The van der Waals surface area contributed by atoms with Gasteiger partial charge in [-0.2, -0.15) is 0 Å². The molecule has 0 heterocycles. The molecule has 2 N–H and O–H groups in total. The van der Waals surface area contributed by atoms with Gasteiger partial charge in [-0.25, -0.2) is 0 Å². The monoisotopic (exact) mass is 184 g/mol. The third-order valence-electron chi connectivity index (χ3n) is 2.89. The van der Waals surface area contributed by atoms with Gasteiger partial charge in [-0.1, -0.05) is 6.92 Å². The van der Waals surface area contributed by atoms with Gasteiger partial charge in [0.15, 0.2) is 0 Å². The van der Waals surface area contributed by atoms with Crippen LogP contribution in [0.2, 0.25) is 0 Å². The van der Waals surface area contributed by atoms with Gasteiger partial charge >= 0.3 is 0 Å². The van der Waals surface area contributed by atoms with E-state index in [1.54, 1.807) is 0 Å². The molecule has 13 heavy (non-hydrogen) atoms. The van der Waals surface area contributed by atoms with E-state index in [0.29, 0.717) is 0 Å². The Kier molecular flexibility index (Phi) is 4.74. The molecule has 1 aliphatic carbocycles. The summed E-state index contributed by atoms with van der Waals surface area (Å²) < 4.78 is 0. The van der Waals surface area contributed by atoms with Crippen molar-refractivity contribution in [3.05, 3.63) is 0 Å². The van der Waals surface area contributed by atoms with Crippen molar-refractivity contribution in [2.24, 2.45) is 5.73 Å². The Morgan fingerprint density at radius 3 is 2.62 bits per heavy atom. The lowest BCUT2D eigenvalue weighted by molar-refractivity contribution is 0.188. The summed E-state index contributed by atoms with van der Waals surface area (Å²) in [6.45, 7) is 6.74. The summed E-state index contributed by atoms with van der Waals surface area (Å²) in [6.07, 6.45) is 6.57. The van der Waals surface area contributed by atoms with Gasteiger partial charge in [0, 0.05) is 12.1 Å². The van der Waals surface area contributed by atoms with Crippen LogP contribution >= 0.6 is 0 Å². The Morgan fingerprint density at radius 1 is 1.46 bits per heavy atom. The second kappa shape index (κ2) is 5.61. The lowest BCUT2D eigenvalue weighted by Gasteiger charge is -2.28. The number of hydrogen-bond acceptors (Lipinski definition) is 2. The fourth-order valence-corrected chi connectivity index (χ4v) is 2.01. The lowest BCUT2D eigenvalue weighted by Crippen LogP contribution is -2.36. The van der Waals surface area contributed by atoms with Crippen molar-refractivity contribution >= 4 is 0 Å². The van der Waals surface area contributed by atoms with E-state index in [2.05, 4.69) is 18.7 Å². The highest BCUT2D eigenvalue weighted by molar-refractivity contribution is 4.87. The Hall–Kier alpha value is -0.0800. The van der Waals surface area contributed by atoms with Gasteiger partial charge in [0.1, 0.15) is 0 Å². The molecule has 1 fully saturated rings. The summed E-state index contributed by atoms with van der Waals surface area (Å²) in [5, 5.41) is 0. The summed E-state index contributed by atoms with van der Waals surface area (Å²) in [5.74, 6) is 0. The summed E-state index contributed by atoms with van der Waals surface area (Å²) >= 11 is 0. The molecule has 0 aromatic rings. The maximum Gasteiger partial charge on any atom is 0.00992 e. The number of hydrogen-bond donors (Lipinski definition) is 1. The molecule has 0 saturated heterocycles. The highest BCUT2D eigenvalue weighted by Gasteiger charge is 2.30. The SMILES string of the molecule is CCCN(C(C)CCCN)C1CC1. The largest absolute Gasteiger partial charge is 0.330 e. The van der Waals surface area contributed by atoms with Gasteiger partial charge in [-0.3, -0.25) is 4.90 Å². The molecule has 1 atom stereocenters. The Bertz CT molecular complexity index is 132. The first kappa shape index (κ1) is 11.0. The van der Waals surface area contributed by atoms with Crippen molar-refractivity contribution in [2.45, 2.75) is 58.0 Å². The molecule has 2 heteroatoms. The van der Waals surface area contributed by atoms with E-state index in [9.17, 15) is 0 Å². The van der Waals surface area contributed by atoms with E-state index in [4.69, 9.17) is 5.73 Å². The zero-order valence-corrected chi connectivity index (χ0v) is 9.13. The first-order chi connectivity index (χ1) is 6.29. The maximum atomic E-state index is 5.52. The third-order valence-corrected chi connectivity index (χ3v) is 2.89. The van der Waals surface area contributed by atoms with E-state index in [1.807, 2.05) is 0 Å². The van der Waals surface area contributed by atoms with Gasteiger partial charge in [0.05, 0.1) is 0 Å². The first-order valence-corrected chi connectivity index (χ1v) is 5.75. The van der Waals surface area contributed by atoms with E-state index < -0.39 is 0 Å². The fraction of sp³-hybridized carbons (Fsp3) is 1.00. The normalized spacial score (nSPS) is 19.4. The van der Waals surface area contributed by atoms with Crippen LogP contribution in [0.1, 0.15) is 46.0 Å². The molecule has 0 aliphatic heterocycles. The summed E-state index contributed by atoms with van der Waals surface area (Å²) in [6, 6.07) is 1.66. The average molecular weight is 184 g/mol. The minimum absolute atomic E-state index is 0.746. The van der Waals surface area contributed by atoms with Gasteiger partial charge < -0.3 is 5.73 Å². The van der Waals surface area contributed by atoms with Crippen LogP contribution in [0.4, 0.5) is 0 Å². The zero-order valence-electron chi connectivity index (χ0n) is 9.13. The highest BCUT2D eigenvalue weighted by Crippen LogP contribution is 2.29. The fourth-order valence-electron chi connectivity index (χ4n) is 2.01. The van der Waals surface area contributed by atoms with Crippen LogP contribution in [0, 0.1) is 0 Å². The topological polar surface area (TPSA) is 29.3 Å². The molecule has 1 saturated carbocycles. The van der Waals surface area contributed by atoms with Crippen molar-refractivity contribution in [3.63, 3.8) is 0 Å². The zero-order chi connectivity index (χ0) is 9.68. The van der Waals surface area contributed by atoms with Crippen molar-refractivity contribution in [1.82, 2.24) is 4.90 Å². The van der Waals surface area contributed by atoms with Crippen molar-refractivity contribution in [3.8, 4) is 0 Å². The average Bonchev–Trinajstić information content (AvgIpc) is 2.93. The summed E-state index contributed by atoms with van der Waals surface area (Å²) in [4.78, 5) is 2.68. The number of nitrogens with two attached hydrogens (primary N) is 1. The lowest BCUT2D eigenvalue weighted by atomic mass is 10.1. The van der Waals surface area contributed by atoms with Crippen LogP contribution in [0.25, 0.3) is 0 Å². The third kappa shape index (κ3) is 3.65. The molecule has 1 unspecified atom stereocenters. The molecule has 0 spiro atoms. The van der Waals surface area contributed by atoms with Crippen LogP contribution in [0.5, 0.6) is 0 Å². The molecule has 0 aromatic carbocycles. The summed E-state index contributed by atoms with van der Waals surface area (Å²) in [5.41, 5.74) is 5.52. The summed E-state index contributed by atoms with van der Waals surface area (Å²) in [7, 11) is 0. The Balaban J connectivity index is 2.25. The molecule has 78 valence electrons. The minimum Gasteiger partial charge on any atom is -0.330 e. The predicted octanol–water partition coefficient (Wildman–Crippen LogP) is 1.99. The minimum atomic E-state index is 0.746. The Morgan fingerprint density at radius 2 is 2.15 bits per heavy atom. The molecule has 0 radical (unpaired) electrons. The smallest absolute Gasteiger partial charge is 0.00992 e. The predicted molar refractivity (Wildman–Crippen MR) is 57.8 cm³/mol. The highest BCUT2D eigenvalue weighted by atomic mass is 15.2. The number of rotatable bonds is 7. The van der Waals surface area contributed by atoms with Gasteiger partial charge in [0.25, 0.3) is 0 Å². The quantitative estimate of drug-likeness (QED) is 0.655. The molecule has 0 aromatic heterocycles. The van der Waals surface area contributed by atoms with Crippen molar-refractivity contribution in [2.75, 3.05) is 13.1 Å². The van der Waals surface area contributed by atoms with Crippen LogP contribution in [-0.4, -0.2) is 30.1 Å². The molecular formula is C11H24N2. The molecule has 1 rings (SSSR count). The van der Waals surface area contributed by atoms with Crippen LogP contribution < -0.4 is 5.73 Å². The van der Waals surface area contributed by atoms with E-state index >= 15 is 0 Å². The first-order valence-electron chi connectivity index (χ1n) is 5.75. The van der Waals surface area contributed by atoms with Crippen molar-refractivity contribution < 1.29 is 0 Å². The van der Waals surface area contributed by atoms with Gasteiger partial charge in [-0.15, -0.1) is 0 Å². The molecular weight excluding hydrogens is 160 g/mol. The Labute approximate surface area is 82.5 Å². The van der Waals surface area contributed by atoms with E-state index in [0.717, 1.165) is 18.6 Å². The molecule has 1 aliphatic rings. The van der Waals surface area contributed by atoms with Crippen molar-refractivity contribution in [1.29, 1.82) is 0 Å². The van der Waals surface area contributed by atoms with Crippen LogP contribution in [0.3, 0.4) is 0 Å². The standard InChI is InChI=1S/C11H24N2/c1-3-9-13(11-6-7-11)10(2)5-4-8-12/h10-11H,3-9,12H2,1-2H3. The molecule has 2 nitrogen and oxygen atoms in total.